The van der Waals surface area contributed by atoms with Crippen LogP contribution in [0.5, 0.6) is 0 Å². The van der Waals surface area contributed by atoms with Crippen LogP contribution in [0.1, 0.15) is 18.9 Å². The minimum atomic E-state index is -4.34. The number of anilines is 2. The Hall–Kier alpha value is -3.39. The molecule has 1 atom stereocenters. The van der Waals surface area contributed by atoms with Crippen molar-refractivity contribution in [1.82, 2.24) is 19.7 Å². The first-order valence-corrected chi connectivity index (χ1v) is 11.2. The maximum atomic E-state index is 12.9. The van der Waals surface area contributed by atoms with Crippen molar-refractivity contribution >= 4 is 32.2 Å². The zero-order chi connectivity index (χ0) is 24.1. The van der Waals surface area contributed by atoms with Crippen molar-refractivity contribution in [2.24, 2.45) is 9.98 Å². The van der Waals surface area contributed by atoms with Crippen molar-refractivity contribution in [2.45, 2.75) is 32.5 Å². The summed E-state index contributed by atoms with van der Waals surface area (Å²) in [6.07, 6.45) is 4.12. The van der Waals surface area contributed by atoms with Crippen LogP contribution in [-0.2, 0) is 13.0 Å². The average molecular weight is 485 g/mol. The normalized spacial score (nSPS) is 14.6. The highest BCUT2D eigenvalue weighted by Crippen LogP contribution is 2.30. The number of aryl methyl sites for hydroxylation is 1. The molecule has 0 saturated heterocycles. The molecule has 0 bridgehead atoms. The van der Waals surface area contributed by atoms with E-state index in [-0.39, 0.29) is 18.8 Å². The minimum Gasteiger partial charge on any atom is -0.321 e. The lowest BCUT2D eigenvalue weighted by molar-refractivity contribution is -0.0938. The number of hydrogen-bond acceptors (Lipinski definition) is 6. The van der Waals surface area contributed by atoms with Crippen LogP contribution in [0.25, 0.3) is 11.1 Å². The molecule has 1 aromatic carbocycles. The number of benzene rings is 1. The molecule has 0 fully saturated rings. The zero-order valence-corrected chi connectivity index (χ0v) is 19.6. The van der Waals surface area contributed by atoms with Gasteiger partial charge in [0.05, 0.1) is 11.9 Å². The van der Waals surface area contributed by atoms with Gasteiger partial charge in [0.25, 0.3) is 0 Å². The number of amidine groups is 1. The van der Waals surface area contributed by atoms with Crippen LogP contribution in [0.4, 0.5) is 24.8 Å². The van der Waals surface area contributed by atoms with Gasteiger partial charge in [-0.15, -0.1) is 0 Å². The fourth-order valence-electron chi connectivity index (χ4n) is 3.34. The Bertz CT molecular complexity index is 1230. The van der Waals surface area contributed by atoms with E-state index in [2.05, 4.69) is 39.6 Å². The van der Waals surface area contributed by atoms with Gasteiger partial charge in [-0.25, -0.2) is 15.0 Å². The number of aromatic nitrogens is 4. The van der Waals surface area contributed by atoms with E-state index >= 15 is 0 Å². The van der Waals surface area contributed by atoms with Crippen molar-refractivity contribution in [3.05, 3.63) is 66.3 Å². The van der Waals surface area contributed by atoms with Crippen LogP contribution in [-0.4, -0.2) is 43.8 Å². The molecule has 1 N–H and O–H groups in total. The quantitative estimate of drug-likeness (QED) is 0.384. The molecular weight excluding hydrogens is 462 g/mol. The Morgan fingerprint density at radius 2 is 1.85 bits per heavy atom. The molecule has 1 aliphatic heterocycles. The van der Waals surface area contributed by atoms with E-state index in [9.17, 15) is 13.2 Å². The maximum absolute atomic E-state index is 12.9. The summed E-state index contributed by atoms with van der Waals surface area (Å²) in [6, 6.07) is 7.79. The molecule has 176 valence electrons. The molecule has 11 heteroatoms. The van der Waals surface area contributed by atoms with Crippen molar-refractivity contribution in [3.63, 3.8) is 0 Å². The zero-order valence-electron chi connectivity index (χ0n) is 18.4. The SMILES string of the molecule is CCn1cc(Nc2ncc(-c3ccc(CC(P)=NC4=NCCC(C(F)(F)F)=C4)cc3)cn2)cn1. The number of alkyl halides is 3. The monoisotopic (exact) mass is 485 g/mol. The largest absolute Gasteiger partial charge is 0.412 e. The summed E-state index contributed by atoms with van der Waals surface area (Å²) >= 11 is 0. The van der Waals surface area contributed by atoms with Crippen LogP contribution in [0.3, 0.4) is 0 Å². The molecule has 2 aromatic heterocycles. The highest BCUT2D eigenvalue weighted by Gasteiger charge is 2.34. The Morgan fingerprint density at radius 1 is 1.12 bits per heavy atom. The first-order chi connectivity index (χ1) is 16.3. The third-order valence-corrected chi connectivity index (χ3v) is 5.45. The summed E-state index contributed by atoms with van der Waals surface area (Å²) in [5.41, 5.74) is 3.62. The average Bonchev–Trinajstić information content (AvgIpc) is 3.27. The summed E-state index contributed by atoms with van der Waals surface area (Å²) in [5.74, 6) is 0.585. The van der Waals surface area contributed by atoms with Gasteiger partial charge < -0.3 is 5.32 Å². The summed E-state index contributed by atoms with van der Waals surface area (Å²) in [6.45, 7) is 2.89. The highest BCUT2D eigenvalue weighted by atomic mass is 31.0. The number of aliphatic imine (C=N–C) groups is 2. The first-order valence-electron chi connectivity index (χ1n) is 10.7. The fourth-order valence-corrected chi connectivity index (χ4v) is 3.71. The second-order valence-electron chi connectivity index (χ2n) is 7.64. The lowest BCUT2D eigenvalue weighted by Gasteiger charge is -2.14. The molecule has 0 aliphatic carbocycles. The van der Waals surface area contributed by atoms with Crippen molar-refractivity contribution in [1.29, 1.82) is 0 Å². The van der Waals surface area contributed by atoms with Crippen molar-refractivity contribution in [3.8, 4) is 11.1 Å². The van der Waals surface area contributed by atoms with Crippen LogP contribution >= 0.6 is 9.24 Å². The van der Waals surface area contributed by atoms with Gasteiger partial charge in [-0.05, 0) is 30.5 Å². The predicted octanol–water partition coefficient (Wildman–Crippen LogP) is 5.21. The molecule has 0 saturated carbocycles. The van der Waals surface area contributed by atoms with Crippen LogP contribution < -0.4 is 5.32 Å². The number of halogens is 3. The van der Waals surface area contributed by atoms with Gasteiger partial charge in [-0.2, -0.15) is 18.3 Å². The third-order valence-electron chi connectivity index (χ3n) is 5.12. The Labute approximate surface area is 197 Å². The van der Waals surface area contributed by atoms with E-state index < -0.39 is 11.7 Å². The van der Waals surface area contributed by atoms with Gasteiger partial charge >= 0.3 is 6.18 Å². The lowest BCUT2D eigenvalue weighted by atomic mass is 10.1. The molecule has 0 spiro atoms. The van der Waals surface area contributed by atoms with E-state index in [4.69, 9.17) is 0 Å². The molecule has 7 nitrogen and oxygen atoms in total. The Morgan fingerprint density at radius 3 is 2.50 bits per heavy atom. The van der Waals surface area contributed by atoms with Crippen LogP contribution in [0.15, 0.2) is 70.7 Å². The number of nitrogens with zero attached hydrogens (tertiary/aromatic N) is 6. The fraction of sp³-hybridized carbons (Fsp3) is 0.261. The van der Waals surface area contributed by atoms with E-state index in [1.807, 2.05) is 42.1 Å². The van der Waals surface area contributed by atoms with E-state index in [0.29, 0.717) is 17.8 Å². The number of nitrogens with one attached hydrogen (secondary N) is 1. The molecule has 1 unspecified atom stereocenters. The molecule has 1 aliphatic rings. The van der Waals surface area contributed by atoms with E-state index in [0.717, 1.165) is 35.0 Å². The lowest BCUT2D eigenvalue weighted by Crippen LogP contribution is -2.17. The smallest absolute Gasteiger partial charge is 0.321 e. The molecule has 34 heavy (non-hydrogen) atoms. The van der Waals surface area contributed by atoms with Gasteiger partial charge in [-0.1, -0.05) is 33.5 Å². The van der Waals surface area contributed by atoms with Crippen LogP contribution in [0.2, 0.25) is 0 Å². The maximum Gasteiger partial charge on any atom is 0.412 e. The number of dihydropyridines is 1. The summed E-state index contributed by atoms with van der Waals surface area (Å²) in [5, 5.41) is 7.32. The molecule has 0 amide bonds. The summed E-state index contributed by atoms with van der Waals surface area (Å²) < 4.78 is 40.6. The highest BCUT2D eigenvalue weighted by molar-refractivity contribution is 7.40. The van der Waals surface area contributed by atoms with Gasteiger partial charge in [0.2, 0.25) is 5.95 Å². The molecule has 3 aromatic rings. The topological polar surface area (TPSA) is 80.4 Å². The summed E-state index contributed by atoms with van der Waals surface area (Å²) in [7, 11) is 2.48. The number of hydrogen-bond donors (Lipinski definition) is 1. The molecule has 3 heterocycles. The van der Waals surface area contributed by atoms with E-state index in [1.54, 1.807) is 18.6 Å². The second kappa shape index (κ2) is 10.3. The molecule has 4 rings (SSSR count). The van der Waals surface area contributed by atoms with Crippen molar-refractivity contribution in [2.75, 3.05) is 11.9 Å². The van der Waals surface area contributed by atoms with Gasteiger partial charge in [0, 0.05) is 54.7 Å². The van der Waals surface area contributed by atoms with Gasteiger partial charge in [0.15, 0.2) is 0 Å². The molecule has 0 radical (unpaired) electrons. The summed E-state index contributed by atoms with van der Waals surface area (Å²) in [4.78, 5) is 17.1. The Balaban J connectivity index is 1.38. The minimum absolute atomic E-state index is 0.0928. The predicted molar refractivity (Wildman–Crippen MR) is 131 cm³/mol. The van der Waals surface area contributed by atoms with Crippen LogP contribution in [0, 0.1) is 0 Å². The van der Waals surface area contributed by atoms with Gasteiger partial charge in [0.1, 0.15) is 5.84 Å². The van der Waals surface area contributed by atoms with E-state index in [1.165, 1.54) is 0 Å². The standard InChI is InChI=1S/C23H23F3N7P/c1-2-33-14-19(13-30-33)31-22-28-11-17(12-29-22)16-5-3-15(4-6-16)9-21(34)32-20-10-18(7-8-27-20)23(24,25)26/h3-6,10-14H,2,7-9,34H2,1H3,(H,28,29,31). The third kappa shape index (κ3) is 6.14. The van der Waals surface area contributed by atoms with Crippen molar-refractivity contribution < 1.29 is 13.2 Å². The van der Waals surface area contributed by atoms with Gasteiger partial charge in [-0.3, -0.25) is 9.67 Å². The first kappa shape index (κ1) is 23.8. The molecular formula is C23H23F3N7P. The second-order valence-corrected chi connectivity index (χ2v) is 8.31. The Kier molecular flexibility index (Phi) is 7.17. The number of rotatable bonds is 6.